The molecule has 1 unspecified atom stereocenters. The van der Waals surface area contributed by atoms with Gasteiger partial charge >= 0.3 is 5.97 Å². The number of hydrogen-bond acceptors (Lipinski definition) is 3. The van der Waals surface area contributed by atoms with Crippen molar-refractivity contribution in [1.82, 2.24) is 4.98 Å². The van der Waals surface area contributed by atoms with E-state index in [4.69, 9.17) is 11.5 Å². The zero-order valence-corrected chi connectivity index (χ0v) is 10.8. The van der Waals surface area contributed by atoms with E-state index >= 15 is 0 Å². The number of rotatable bonds is 2. The lowest BCUT2D eigenvalue weighted by atomic mass is 10.1. The van der Waals surface area contributed by atoms with Crippen LogP contribution in [0.4, 0.5) is 5.82 Å². The SMILES string of the molecule is C#CC1CC(=O)N(c2ccc(Br)c(C(=O)O)n2)C1. The van der Waals surface area contributed by atoms with Gasteiger partial charge in [0.05, 0.1) is 4.47 Å². The first-order valence-corrected chi connectivity index (χ1v) is 5.98. The number of pyridine rings is 1. The number of halogens is 1. The Morgan fingerprint density at radius 2 is 2.33 bits per heavy atom. The van der Waals surface area contributed by atoms with Crippen molar-refractivity contribution in [2.75, 3.05) is 11.4 Å². The number of nitrogens with zero attached hydrogens (tertiary/aromatic N) is 2. The first kappa shape index (κ1) is 12.6. The molecule has 1 amide bonds. The maximum Gasteiger partial charge on any atom is 0.355 e. The third-order valence-electron chi connectivity index (χ3n) is 2.67. The summed E-state index contributed by atoms with van der Waals surface area (Å²) in [5.41, 5.74) is -0.121. The Hall–Kier alpha value is -1.87. The summed E-state index contributed by atoms with van der Waals surface area (Å²) in [4.78, 5) is 28.1. The second-order valence-electron chi connectivity index (χ2n) is 3.88. The number of carboxylic acid groups (broad SMARTS) is 1. The number of carbonyl (C=O) groups excluding carboxylic acids is 1. The van der Waals surface area contributed by atoms with Gasteiger partial charge in [0, 0.05) is 18.9 Å². The van der Waals surface area contributed by atoms with Gasteiger partial charge in [-0.1, -0.05) is 0 Å². The lowest BCUT2D eigenvalue weighted by molar-refractivity contribution is -0.117. The van der Waals surface area contributed by atoms with Crippen LogP contribution in [0, 0.1) is 18.3 Å². The van der Waals surface area contributed by atoms with Gasteiger partial charge in [-0.2, -0.15) is 0 Å². The summed E-state index contributed by atoms with van der Waals surface area (Å²) < 4.78 is 0.374. The molecule has 1 aromatic rings. The molecule has 0 spiro atoms. The minimum atomic E-state index is -1.15. The molecule has 0 bridgehead atoms. The molecule has 18 heavy (non-hydrogen) atoms. The Labute approximate surface area is 112 Å². The van der Waals surface area contributed by atoms with Gasteiger partial charge in [-0.05, 0) is 28.1 Å². The highest BCUT2D eigenvalue weighted by Crippen LogP contribution is 2.25. The molecule has 0 aromatic carbocycles. The predicted molar refractivity (Wildman–Crippen MR) is 68.2 cm³/mol. The second-order valence-corrected chi connectivity index (χ2v) is 4.73. The summed E-state index contributed by atoms with van der Waals surface area (Å²) in [6.45, 7) is 0.378. The maximum absolute atomic E-state index is 11.7. The van der Waals surface area contributed by atoms with E-state index < -0.39 is 5.97 Å². The van der Waals surface area contributed by atoms with Crippen LogP contribution < -0.4 is 4.90 Å². The number of carbonyl (C=O) groups is 2. The lowest BCUT2D eigenvalue weighted by Crippen LogP contribution is -2.26. The number of aromatic nitrogens is 1. The number of hydrogen-bond donors (Lipinski definition) is 1. The summed E-state index contributed by atoms with van der Waals surface area (Å²) in [5.74, 6) is 1.42. The highest BCUT2D eigenvalue weighted by molar-refractivity contribution is 9.10. The van der Waals surface area contributed by atoms with E-state index in [9.17, 15) is 9.59 Å². The van der Waals surface area contributed by atoms with Gasteiger partial charge in [0.1, 0.15) is 5.82 Å². The molecule has 2 rings (SSSR count). The lowest BCUT2D eigenvalue weighted by Gasteiger charge is -2.15. The van der Waals surface area contributed by atoms with Gasteiger partial charge in [-0.25, -0.2) is 9.78 Å². The molecule has 1 fully saturated rings. The normalized spacial score (nSPS) is 18.8. The van der Waals surface area contributed by atoms with Gasteiger partial charge in [0.25, 0.3) is 0 Å². The molecule has 1 aromatic heterocycles. The fourth-order valence-electron chi connectivity index (χ4n) is 1.77. The molecule has 0 saturated carbocycles. The van der Waals surface area contributed by atoms with E-state index in [1.54, 1.807) is 12.1 Å². The molecule has 6 heteroatoms. The van der Waals surface area contributed by atoms with E-state index in [2.05, 4.69) is 26.8 Å². The number of amides is 1. The standard InChI is InChI=1S/C12H9BrN2O3/c1-2-7-5-10(16)15(6-7)9-4-3-8(13)11(14-9)12(17)18/h1,3-4,7H,5-6H2,(H,17,18). The van der Waals surface area contributed by atoms with Gasteiger partial charge < -0.3 is 5.11 Å². The average Bonchev–Trinajstić information content (AvgIpc) is 2.71. The maximum atomic E-state index is 11.7. The Balaban J connectivity index is 2.35. The van der Waals surface area contributed by atoms with Crippen LogP contribution in [-0.2, 0) is 4.79 Å². The van der Waals surface area contributed by atoms with E-state index in [0.717, 1.165) is 0 Å². The minimum absolute atomic E-state index is 0.121. The third kappa shape index (κ3) is 2.22. The molecule has 1 N–H and O–H groups in total. The molecular weight excluding hydrogens is 300 g/mol. The molecule has 2 heterocycles. The highest BCUT2D eigenvalue weighted by atomic mass is 79.9. The number of anilines is 1. The minimum Gasteiger partial charge on any atom is -0.476 e. The van der Waals surface area contributed by atoms with Crippen LogP contribution in [0.2, 0.25) is 0 Å². The number of terminal acetylenes is 1. The van der Waals surface area contributed by atoms with Crippen LogP contribution in [0.5, 0.6) is 0 Å². The van der Waals surface area contributed by atoms with Crippen LogP contribution in [0.25, 0.3) is 0 Å². The van der Waals surface area contributed by atoms with Crippen molar-refractivity contribution >= 4 is 33.6 Å². The molecule has 92 valence electrons. The van der Waals surface area contributed by atoms with Crippen molar-refractivity contribution in [3.05, 3.63) is 22.3 Å². The van der Waals surface area contributed by atoms with Crippen molar-refractivity contribution in [2.45, 2.75) is 6.42 Å². The molecule has 1 aliphatic rings. The summed E-state index contributed by atoms with van der Waals surface area (Å²) >= 11 is 3.10. The molecule has 0 radical (unpaired) electrons. The summed E-state index contributed by atoms with van der Waals surface area (Å²) in [7, 11) is 0. The highest BCUT2D eigenvalue weighted by Gasteiger charge is 2.30. The quantitative estimate of drug-likeness (QED) is 0.841. The average molecular weight is 309 g/mol. The summed E-state index contributed by atoms with van der Waals surface area (Å²) in [6.07, 6.45) is 5.56. The predicted octanol–water partition coefficient (Wildman–Crippen LogP) is 1.53. The number of carboxylic acids is 1. The van der Waals surface area contributed by atoms with Crippen molar-refractivity contribution in [3.8, 4) is 12.3 Å². The molecule has 1 saturated heterocycles. The molecular formula is C12H9BrN2O3. The Morgan fingerprint density at radius 3 is 2.89 bits per heavy atom. The zero-order valence-electron chi connectivity index (χ0n) is 9.26. The fourth-order valence-corrected chi connectivity index (χ4v) is 2.16. The first-order chi connectivity index (χ1) is 8.52. The van der Waals surface area contributed by atoms with Crippen molar-refractivity contribution in [1.29, 1.82) is 0 Å². The zero-order chi connectivity index (χ0) is 13.3. The van der Waals surface area contributed by atoms with E-state index in [1.807, 2.05) is 0 Å². The largest absolute Gasteiger partial charge is 0.476 e. The van der Waals surface area contributed by atoms with Crippen LogP contribution in [0.15, 0.2) is 16.6 Å². The van der Waals surface area contributed by atoms with Crippen molar-refractivity contribution in [2.24, 2.45) is 5.92 Å². The van der Waals surface area contributed by atoms with Crippen molar-refractivity contribution < 1.29 is 14.7 Å². The smallest absolute Gasteiger partial charge is 0.355 e. The van der Waals surface area contributed by atoms with Crippen LogP contribution in [-0.4, -0.2) is 28.5 Å². The first-order valence-electron chi connectivity index (χ1n) is 5.19. The van der Waals surface area contributed by atoms with Gasteiger partial charge in [-0.3, -0.25) is 9.69 Å². The van der Waals surface area contributed by atoms with E-state index in [0.29, 0.717) is 16.8 Å². The summed E-state index contributed by atoms with van der Waals surface area (Å²) in [6, 6.07) is 3.15. The Bertz CT molecular complexity index is 565. The van der Waals surface area contributed by atoms with Crippen molar-refractivity contribution in [3.63, 3.8) is 0 Å². The van der Waals surface area contributed by atoms with Crippen LogP contribution in [0.1, 0.15) is 16.9 Å². The monoisotopic (exact) mass is 308 g/mol. The fraction of sp³-hybridized carbons (Fsp3) is 0.250. The van der Waals surface area contributed by atoms with E-state index in [1.165, 1.54) is 4.90 Å². The second kappa shape index (κ2) is 4.78. The summed E-state index contributed by atoms with van der Waals surface area (Å²) in [5, 5.41) is 8.97. The van der Waals surface area contributed by atoms with Crippen LogP contribution >= 0.6 is 15.9 Å². The van der Waals surface area contributed by atoms with Crippen LogP contribution in [0.3, 0.4) is 0 Å². The Kier molecular flexibility index (Phi) is 3.34. The van der Waals surface area contributed by atoms with Gasteiger partial charge in [0.15, 0.2) is 5.69 Å². The van der Waals surface area contributed by atoms with Gasteiger partial charge in [0.2, 0.25) is 5.91 Å². The van der Waals surface area contributed by atoms with Gasteiger partial charge in [-0.15, -0.1) is 12.3 Å². The molecule has 5 nitrogen and oxygen atoms in total. The van der Waals surface area contributed by atoms with E-state index in [-0.39, 0.29) is 23.9 Å². The Morgan fingerprint density at radius 1 is 1.61 bits per heavy atom. The topological polar surface area (TPSA) is 70.5 Å². The third-order valence-corrected chi connectivity index (χ3v) is 3.31. The number of aromatic carboxylic acids is 1. The molecule has 1 atom stereocenters. The molecule has 0 aliphatic carbocycles. The molecule has 1 aliphatic heterocycles.